The van der Waals surface area contributed by atoms with Gasteiger partial charge in [0, 0.05) is 31.1 Å². The number of hydrogen-bond acceptors (Lipinski definition) is 6. The summed E-state index contributed by atoms with van der Waals surface area (Å²) in [7, 11) is 0. The van der Waals surface area contributed by atoms with Crippen molar-refractivity contribution in [1.29, 1.82) is 0 Å². The summed E-state index contributed by atoms with van der Waals surface area (Å²) in [5.41, 5.74) is 11.1. The first-order valence-corrected chi connectivity index (χ1v) is 11.5. The molecule has 4 N–H and O–H groups in total. The highest BCUT2D eigenvalue weighted by molar-refractivity contribution is 5.64. The molecule has 5 aromatic rings. The Morgan fingerprint density at radius 2 is 1.46 bits per heavy atom. The average molecular weight is 467 g/mol. The van der Waals surface area contributed by atoms with E-state index in [9.17, 15) is 10.2 Å². The number of fused-ring (bicyclic) bond motifs is 1. The highest BCUT2D eigenvalue weighted by atomic mass is 16.5. The van der Waals surface area contributed by atoms with Gasteiger partial charge in [-0.2, -0.15) is 0 Å². The summed E-state index contributed by atoms with van der Waals surface area (Å²) in [6, 6.07) is 24.6. The average Bonchev–Trinajstić information content (AvgIpc) is 3.20. The number of rotatable bonds is 8. The Morgan fingerprint density at radius 1 is 0.771 bits per heavy atom. The van der Waals surface area contributed by atoms with E-state index < -0.39 is 0 Å². The van der Waals surface area contributed by atoms with Crippen molar-refractivity contribution in [3.8, 4) is 28.6 Å². The van der Waals surface area contributed by atoms with E-state index in [0.29, 0.717) is 37.3 Å². The Balaban J connectivity index is 1.57. The SMILES string of the molecule is NCCOc1ccc(-c2cn3c(O)c(Cc4ccc(O)cc4)nc3c(Cc3ccccc3)n2)cc1. The highest BCUT2D eigenvalue weighted by Gasteiger charge is 2.18. The molecule has 35 heavy (non-hydrogen) atoms. The first-order valence-electron chi connectivity index (χ1n) is 11.5. The smallest absolute Gasteiger partial charge is 0.219 e. The Labute approximate surface area is 203 Å². The van der Waals surface area contributed by atoms with E-state index in [1.807, 2.05) is 60.8 Å². The van der Waals surface area contributed by atoms with Crippen molar-refractivity contribution >= 4 is 5.65 Å². The number of phenols is 1. The van der Waals surface area contributed by atoms with Gasteiger partial charge in [0.15, 0.2) is 5.65 Å². The molecule has 0 atom stereocenters. The summed E-state index contributed by atoms with van der Waals surface area (Å²) < 4.78 is 7.29. The number of nitrogens with zero attached hydrogens (tertiary/aromatic N) is 3. The van der Waals surface area contributed by atoms with Crippen LogP contribution in [0.4, 0.5) is 0 Å². The molecule has 0 spiro atoms. The van der Waals surface area contributed by atoms with Crippen LogP contribution in [0.5, 0.6) is 17.4 Å². The number of phenolic OH excluding ortho intramolecular Hbond substituents is 1. The maximum Gasteiger partial charge on any atom is 0.219 e. The largest absolute Gasteiger partial charge is 0.508 e. The molecular formula is C28H26N4O3. The van der Waals surface area contributed by atoms with Gasteiger partial charge in [-0.1, -0.05) is 42.5 Å². The van der Waals surface area contributed by atoms with Gasteiger partial charge in [-0.3, -0.25) is 4.40 Å². The minimum atomic E-state index is 0.0777. The lowest BCUT2D eigenvalue weighted by Crippen LogP contribution is -2.10. The third kappa shape index (κ3) is 4.95. The topological polar surface area (TPSA) is 106 Å². The van der Waals surface area contributed by atoms with Crippen LogP contribution < -0.4 is 10.5 Å². The van der Waals surface area contributed by atoms with Crippen molar-refractivity contribution in [2.45, 2.75) is 12.8 Å². The van der Waals surface area contributed by atoms with Crippen molar-refractivity contribution in [2.75, 3.05) is 13.2 Å². The van der Waals surface area contributed by atoms with Gasteiger partial charge >= 0.3 is 0 Å². The van der Waals surface area contributed by atoms with Gasteiger partial charge in [0.05, 0.1) is 11.4 Å². The number of benzene rings is 3. The predicted octanol–water partition coefficient (Wildman–Crippen LogP) is 4.33. The maximum atomic E-state index is 11.1. The Hall–Kier alpha value is -4.36. The van der Waals surface area contributed by atoms with Gasteiger partial charge in [-0.05, 0) is 47.5 Å². The van der Waals surface area contributed by atoms with E-state index in [0.717, 1.165) is 33.8 Å². The molecule has 0 saturated carbocycles. The molecule has 0 aliphatic heterocycles. The van der Waals surface area contributed by atoms with Crippen LogP contribution in [-0.4, -0.2) is 37.7 Å². The van der Waals surface area contributed by atoms with Crippen LogP contribution in [0, 0.1) is 0 Å². The van der Waals surface area contributed by atoms with Crippen LogP contribution in [0.3, 0.4) is 0 Å². The highest BCUT2D eigenvalue weighted by Crippen LogP contribution is 2.29. The van der Waals surface area contributed by atoms with Gasteiger partial charge in [0.2, 0.25) is 5.88 Å². The van der Waals surface area contributed by atoms with Crippen molar-refractivity contribution in [1.82, 2.24) is 14.4 Å². The molecule has 0 amide bonds. The Kier molecular flexibility index (Phi) is 6.32. The van der Waals surface area contributed by atoms with Gasteiger partial charge in [0.25, 0.3) is 0 Å². The molecule has 7 heteroatoms. The van der Waals surface area contributed by atoms with Crippen LogP contribution in [0.2, 0.25) is 0 Å². The van der Waals surface area contributed by atoms with Crippen molar-refractivity contribution < 1.29 is 14.9 Å². The first-order chi connectivity index (χ1) is 17.1. The summed E-state index contributed by atoms with van der Waals surface area (Å²) in [5, 5.41) is 20.7. The molecule has 5 rings (SSSR count). The molecule has 0 aliphatic carbocycles. The van der Waals surface area contributed by atoms with E-state index in [4.69, 9.17) is 20.4 Å². The van der Waals surface area contributed by atoms with Crippen molar-refractivity contribution in [2.24, 2.45) is 5.73 Å². The molecular weight excluding hydrogens is 440 g/mol. The third-order valence-corrected chi connectivity index (χ3v) is 5.78. The van der Waals surface area contributed by atoms with Gasteiger partial charge in [-0.25, -0.2) is 9.97 Å². The second kappa shape index (κ2) is 9.87. The second-order valence-corrected chi connectivity index (χ2v) is 8.32. The van der Waals surface area contributed by atoms with E-state index >= 15 is 0 Å². The fourth-order valence-corrected chi connectivity index (χ4v) is 4.01. The standard InChI is InChI=1S/C28H26N4O3/c29-14-15-35-23-12-8-21(9-13-23)26-18-32-27(24(30-26)16-19-4-2-1-3-5-19)31-25(28(32)34)17-20-6-10-22(33)11-7-20/h1-13,18,33-34H,14-17,29H2. The molecule has 0 unspecified atom stereocenters. The lowest BCUT2D eigenvalue weighted by molar-refractivity contribution is 0.328. The van der Waals surface area contributed by atoms with E-state index in [1.54, 1.807) is 16.5 Å². The predicted molar refractivity (Wildman–Crippen MR) is 135 cm³/mol. The molecule has 0 saturated heterocycles. The molecule has 2 aromatic heterocycles. The maximum absolute atomic E-state index is 11.1. The zero-order valence-electron chi connectivity index (χ0n) is 19.1. The molecule has 0 fully saturated rings. The summed E-state index contributed by atoms with van der Waals surface area (Å²) in [6.07, 6.45) is 2.81. The normalized spacial score (nSPS) is 11.1. The molecule has 7 nitrogen and oxygen atoms in total. The Bertz CT molecular complexity index is 1430. The molecule has 176 valence electrons. The summed E-state index contributed by atoms with van der Waals surface area (Å²) >= 11 is 0. The zero-order valence-corrected chi connectivity index (χ0v) is 19.1. The minimum Gasteiger partial charge on any atom is -0.508 e. The van der Waals surface area contributed by atoms with Gasteiger partial charge in [0.1, 0.15) is 23.8 Å². The first kappa shape index (κ1) is 22.4. The van der Waals surface area contributed by atoms with Crippen LogP contribution >= 0.6 is 0 Å². The number of hydrogen-bond donors (Lipinski definition) is 3. The summed E-state index contributed by atoms with van der Waals surface area (Å²) in [4.78, 5) is 9.71. The van der Waals surface area contributed by atoms with Crippen LogP contribution in [0.1, 0.15) is 22.5 Å². The third-order valence-electron chi connectivity index (χ3n) is 5.78. The molecule has 0 aliphatic rings. The number of imidazole rings is 1. The van der Waals surface area contributed by atoms with Crippen LogP contribution in [-0.2, 0) is 12.8 Å². The number of aromatic nitrogens is 3. The summed E-state index contributed by atoms with van der Waals surface area (Å²) in [6.45, 7) is 0.909. The second-order valence-electron chi connectivity index (χ2n) is 8.32. The number of aromatic hydroxyl groups is 2. The zero-order chi connectivity index (χ0) is 24.2. The van der Waals surface area contributed by atoms with Crippen molar-refractivity contribution in [3.05, 3.63) is 108 Å². The lowest BCUT2D eigenvalue weighted by atomic mass is 10.1. The lowest BCUT2D eigenvalue weighted by Gasteiger charge is -2.09. The number of nitrogens with two attached hydrogens (primary N) is 1. The number of ether oxygens (including phenoxy) is 1. The van der Waals surface area contributed by atoms with E-state index in [-0.39, 0.29) is 11.6 Å². The quantitative estimate of drug-likeness (QED) is 0.314. The van der Waals surface area contributed by atoms with Gasteiger partial charge in [-0.15, -0.1) is 0 Å². The molecule has 2 heterocycles. The molecule has 0 bridgehead atoms. The van der Waals surface area contributed by atoms with Crippen LogP contribution in [0.15, 0.2) is 85.1 Å². The van der Waals surface area contributed by atoms with Gasteiger partial charge < -0.3 is 20.7 Å². The van der Waals surface area contributed by atoms with Crippen molar-refractivity contribution in [3.63, 3.8) is 0 Å². The monoisotopic (exact) mass is 466 g/mol. The van der Waals surface area contributed by atoms with Crippen LogP contribution in [0.25, 0.3) is 16.9 Å². The minimum absolute atomic E-state index is 0.0777. The molecule has 3 aromatic carbocycles. The van der Waals surface area contributed by atoms with E-state index in [1.165, 1.54) is 0 Å². The Morgan fingerprint density at radius 3 is 2.17 bits per heavy atom. The fourth-order valence-electron chi connectivity index (χ4n) is 4.01. The molecule has 0 radical (unpaired) electrons. The summed E-state index contributed by atoms with van der Waals surface area (Å²) in [5.74, 6) is 1.02. The fraction of sp³-hybridized carbons (Fsp3) is 0.143. The van der Waals surface area contributed by atoms with E-state index in [2.05, 4.69) is 12.1 Å².